The molecule has 0 amide bonds. The van der Waals surface area contributed by atoms with Crippen molar-refractivity contribution in [2.24, 2.45) is 0 Å². The van der Waals surface area contributed by atoms with E-state index in [1.807, 2.05) is 0 Å². The van der Waals surface area contributed by atoms with E-state index in [0.29, 0.717) is 0 Å². The number of hydrogen-bond acceptors (Lipinski definition) is 7. The molecular weight excluding hydrogens is 208 g/mol. The Hall–Kier alpha value is -0.570. The van der Waals surface area contributed by atoms with Crippen molar-refractivity contribution in [3.05, 3.63) is 0 Å². The Labute approximate surface area is 86.2 Å². The molecule has 0 fully saturated rings. The highest BCUT2D eigenvalue weighted by molar-refractivity contribution is 5.51. The van der Waals surface area contributed by atoms with E-state index in [0.717, 1.165) is 0 Å². The summed E-state index contributed by atoms with van der Waals surface area (Å²) in [4.78, 5) is 9.87. The molecule has 1 radical (unpaired) electrons. The molecule has 0 aliphatic heterocycles. The van der Waals surface area contributed by atoms with Crippen LogP contribution in [0.1, 0.15) is 6.42 Å². The van der Waals surface area contributed by atoms with Gasteiger partial charge in [0.15, 0.2) is 0 Å². The molecule has 0 heterocycles. The molecule has 0 aliphatic rings. The Bertz CT molecular complexity index is 186. The molecule has 1 unspecified atom stereocenters. The van der Waals surface area contributed by atoms with E-state index in [1.54, 1.807) is 0 Å². The zero-order valence-electron chi connectivity index (χ0n) is 7.89. The second-order valence-corrected chi connectivity index (χ2v) is 3.14. The molecule has 0 saturated heterocycles. The van der Waals surface area contributed by atoms with E-state index < -0.39 is 43.5 Å². The van der Waals surface area contributed by atoms with Gasteiger partial charge in [-0.1, -0.05) is 0 Å². The van der Waals surface area contributed by atoms with Crippen LogP contribution in [0.2, 0.25) is 0 Å². The van der Waals surface area contributed by atoms with Crippen molar-refractivity contribution < 1.29 is 35.4 Å². The fourth-order valence-electron chi connectivity index (χ4n) is 0.971. The molecule has 7 heteroatoms. The second kappa shape index (κ2) is 6.83. The predicted molar refractivity (Wildman–Crippen MR) is 47.4 cm³/mol. The van der Waals surface area contributed by atoms with Gasteiger partial charge in [0.2, 0.25) is 6.29 Å². The van der Waals surface area contributed by atoms with Gasteiger partial charge >= 0.3 is 0 Å². The lowest BCUT2D eigenvalue weighted by Gasteiger charge is -2.27. The Morgan fingerprint density at radius 3 is 1.73 bits per heavy atom. The van der Waals surface area contributed by atoms with Crippen LogP contribution in [-0.4, -0.2) is 74.1 Å². The van der Waals surface area contributed by atoms with Gasteiger partial charge in [-0.25, -0.2) is 0 Å². The van der Waals surface area contributed by atoms with Gasteiger partial charge in [0, 0.05) is 6.42 Å². The maximum atomic E-state index is 9.87. The van der Waals surface area contributed by atoms with Gasteiger partial charge in [-0.15, -0.1) is 0 Å². The van der Waals surface area contributed by atoms with Crippen LogP contribution < -0.4 is 0 Å². The van der Waals surface area contributed by atoms with Crippen molar-refractivity contribution in [3.8, 4) is 0 Å². The molecule has 5 atom stereocenters. The molecule has 6 N–H and O–H groups in total. The van der Waals surface area contributed by atoms with Crippen LogP contribution in [0.15, 0.2) is 0 Å². The number of carbonyl (C=O) groups excluding carboxylic acids is 1. The zero-order valence-corrected chi connectivity index (χ0v) is 7.89. The van der Waals surface area contributed by atoms with Crippen LogP contribution in [0.3, 0.4) is 0 Å². The normalized spacial score (nSPS) is 21.5. The van der Waals surface area contributed by atoms with Gasteiger partial charge < -0.3 is 30.6 Å². The first-order chi connectivity index (χ1) is 6.95. The first-order valence-corrected chi connectivity index (χ1v) is 4.31. The lowest BCUT2D eigenvalue weighted by atomic mass is 9.98. The van der Waals surface area contributed by atoms with Crippen molar-refractivity contribution in [1.82, 2.24) is 0 Å². The summed E-state index contributed by atoms with van der Waals surface area (Å²) in [7, 11) is 0. The zero-order chi connectivity index (χ0) is 12.0. The van der Waals surface area contributed by atoms with E-state index in [4.69, 9.17) is 20.4 Å². The molecular formula is C8H15O7. The molecule has 0 aromatic rings. The van der Waals surface area contributed by atoms with Crippen LogP contribution in [0.4, 0.5) is 0 Å². The molecule has 15 heavy (non-hydrogen) atoms. The van der Waals surface area contributed by atoms with Gasteiger partial charge in [0.1, 0.15) is 24.4 Å². The number of aliphatic hydroxyl groups is 6. The van der Waals surface area contributed by atoms with Crippen molar-refractivity contribution in [3.63, 3.8) is 0 Å². The van der Waals surface area contributed by atoms with Gasteiger partial charge in [-0.05, 0) is 0 Å². The van der Waals surface area contributed by atoms with Crippen molar-refractivity contribution in [2.45, 2.75) is 36.9 Å². The quantitative estimate of drug-likeness (QED) is 0.261. The fraction of sp³-hybridized carbons (Fsp3) is 0.875. The second-order valence-electron chi connectivity index (χ2n) is 3.14. The number of aliphatic hydroxyl groups excluding tert-OH is 6. The largest absolute Gasteiger partial charge is 0.394 e. The minimum Gasteiger partial charge on any atom is -0.394 e. The fourth-order valence-corrected chi connectivity index (χ4v) is 0.971. The average molecular weight is 223 g/mol. The maximum absolute atomic E-state index is 9.87. The topological polar surface area (TPSA) is 138 Å². The highest BCUT2D eigenvalue weighted by atomic mass is 16.4. The maximum Gasteiger partial charge on any atom is 0.201 e. The summed E-state index contributed by atoms with van der Waals surface area (Å²) in [5, 5.41) is 54.0. The Morgan fingerprint density at radius 2 is 1.33 bits per heavy atom. The molecule has 7 nitrogen and oxygen atoms in total. The first-order valence-electron chi connectivity index (χ1n) is 4.31. The van der Waals surface area contributed by atoms with Crippen molar-refractivity contribution >= 4 is 6.29 Å². The Morgan fingerprint density at radius 1 is 0.867 bits per heavy atom. The molecule has 0 saturated carbocycles. The SMILES string of the molecule is O=[C]CC(O)[C@H](O)[C@@H](O)[C@H](O)[C@H](O)CO. The third-order valence-electron chi connectivity index (χ3n) is 1.97. The van der Waals surface area contributed by atoms with E-state index >= 15 is 0 Å². The summed E-state index contributed by atoms with van der Waals surface area (Å²) in [6.45, 7) is -0.805. The highest BCUT2D eigenvalue weighted by Crippen LogP contribution is 2.09. The molecule has 0 bridgehead atoms. The summed E-state index contributed by atoms with van der Waals surface area (Å²) >= 11 is 0. The summed E-state index contributed by atoms with van der Waals surface area (Å²) in [6.07, 6.45) is -7.91. The van der Waals surface area contributed by atoms with Crippen LogP contribution in [0.25, 0.3) is 0 Å². The smallest absolute Gasteiger partial charge is 0.201 e. The predicted octanol–water partition coefficient (Wildman–Crippen LogP) is -3.72. The molecule has 0 aliphatic carbocycles. The summed E-state index contributed by atoms with van der Waals surface area (Å²) in [5.41, 5.74) is 0. The summed E-state index contributed by atoms with van der Waals surface area (Å²) in [6, 6.07) is 0. The van der Waals surface area contributed by atoms with Gasteiger partial charge in [-0.2, -0.15) is 0 Å². The Kier molecular flexibility index (Phi) is 6.57. The van der Waals surface area contributed by atoms with Crippen molar-refractivity contribution in [2.75, 3.05) is 6.61 Å². The lowest BCUT2D eigenvalue weighted by Crippen LogP contribution is -2.50. The van der Waals surface area contributed by atoms with E-state index in [9.17, 15) is 15.0 Å². The Balaban J connectivity index is 4.28. The van der Waals surface area contributed by atoms with Gasteiger partial charge in [0.05, 0.1) is 12.7 Å². The monoisotopic (exact) mass is 223 g/mol. The van der Waals surface area contributed by atoms with Crippen LogP contribution >= 0.6 is 0 Å². The first kappa shape index (κ1) is 14.4. The summed E-state index contributed by atoms with van der Waals surface area (Å²) < 4.78 is 0. The van der Waals surface area contributed by atoms with E-state index in [1.165, 1.54) is 6.29 Å². The van der Waals surface area contributed by atoms with Crippen LogP contribution in [-0.2, 0) is 4.79 Å². The third-order valence-corrected chi connectivity index (χ3v) is 1.97. The van der Waals surface area contributed by atoms with Crippen LogP contribution in [0.5, 0.6) is 0 Å². The lowest BCUT2D eigenvalue weighted by molar-refractivity contribution is -0.138. The third kappa shape index (κ3) is 4.20. The molecule has 0 aromatic heterocycles. The molecule has 0 spiro atoms. The average Bonchev–Trinajstić information content (AvgIpc) is 2.25. The summed E-state index contributed by atoms with van der Waals surface area (Å²) in [5.74, 6) is 0. The van der Waals surface area contributed by atoms with Gasteiger partial charge in [0.25, 0.3) is 0 Å². The van der Waals surface area contributed by atoms with Crippen LogP contribution in [0, 0.1) is 0 Å². The van der Waals surface area contributed by atoms with E-state index in [-0.39, 0.29) is 0 Å². The standard InChI is InChI=1S/C8H15O7/c9-2-1-4(11)6(13)8(15)7(14)5(12)3-10/h4-8,10-15H,1,3H2/t4?,5-,6+,7-,8-/m1/s1. The molecule has 0 rings (SSSR count). The van der Waals surface area contributed by atoms with Gasteiger partial charge in [-0.3, -0.25) is 4.79 Å². The number of rotatable bonds is 7. The number of hydrogen-bond donors (Lipinski definition) is 6. The molecule has 0 aromatic carbocycles. The van der Waals surface area contributed by atoms with Crippen molar-refractivity contribution in [1.29, 1.82) is 0 Å². The highest BCUT2D eigenvalue weighted by Gasteiger charge is 2.33. The minimum atomic E-state index is -1.87. The molecule has 89 valence electrons. The minimum absolute atomic E-state index is 0.528. The van der Waals surface area contributed by atoms with E-state index in [2.05, 4.69) is 0 Å².